The Hall–Kier alpha value is -6.62. The second kappa shape index (κ2) is 11.2. The predicted molar refractivity (Wildman–Crippen MR) is 232 cm³/mol. The number of fused-ring (bicyclic) bond motifs is 12. The lowest BCUT2D eigenvalue weighted by Crippen LogP contribution is -2.16. The third-order valence-electron chi connectivity index (χ3n) is 11.9. The molecule has 12 rings (SSSR count). The molecule has 55 heavy (non-hydrogen) atoms. The van der Waals surface area contributed by atoms with Crippen molar-refractivity contribution in [3.8, 4) is 22.3 Å². The van der Waals surface area contributed by atoms with Gasteiger partial charge in [-0.1, -0.05) is 111 Å². The van der Waals surface area contributed by atoms with Crippen LogP contribution < -0.4 is 4.90 Å². The van der Waals surface area contributed by atoms with Gasteiger partial charge in [-0.15, -0.1) is 11.3 Å². The number of benzene rings is 8. The van der Waals surface area contributed by atoms with E-state index in [1.807, 2.05) is 11.3 Å². The molecule has 0 N–H and O–H groups in total. The summed E-state index contributed by atoms with van der Waals surface area (Å²) in [4.78, 5) is 2.47. The van der Waals surface area contributed by atoms with Crippen LogP contribution in [-0.4, -0.2) is 0 Å². The van der Waals surface area contributed by atoms with E-state index in [9.17, 15) is 0 Å². The van der Waals surface area contributed by atoms with Crippen molar-refractivity contribution in [2.45, 2.75) is 19.3 Å². The van der Waals surface area contributed by atoms with Gasteiger partial charge >= 0.3 is 0 Å². The van der Waals surface area contributed by atoms with Gasteiger partial charge in [-0.2, -0.15) is 0 Å². The minimum atomic E-state index is -0.143. The quantitative estimate of drug-likeness (QED) is 0.181. The monoisotopic (exact) mass is 723 g/mol. The van der Waals surface area contributed by atoms with Crippen molar-refractivity contribution in [3.05, 3.63) is 175 Å². The van der Waals surface area contributed by atoms with Crippen LogP contribution in [0.1, 0.15) is 25.0 Å². The fraction of sp³-hybridized carbons (Fsp3) is 0.0588. The minimum absolute atomic E-state index is 0.143. The topological polar surface area (TPSA) is 29.5 Å². The van der Waals surface area contributed by atoms with Crippen molar-refractivity contribution in [3.63, 3.8) is 0 Å². The van der Waals surface area contributed by atoms with E-state index in [0.29, 0.717) is 0 Å². The zero-order valence-corrected chi connectivity index (χ0v) is 31.1. The fourth-order valence-corrected chi connectivity index (χ4v) is 10.4. The van der Waals surface area contributed by atoms with Crippen molar-refractivity contribution in [1.82, 2.24) is 0 Å². The molecule has 11 aromatic rings. The fourth-order valence-electron chi connectivity index (χ4n) is 9.25. The van der Waals surface area contributed by atoms with Gasteiger partial charge in [0.1, 0.15) is 22.3 Å². The number of furan rings is 2. The summed E-state index contributed by atoms with van der Waals surface area (Å²) in [5.41, 5.74) is 14.2. The Labute approximate surface area is 321 Å². The lowest BCUT2D eigenvalue weighted by atomic mass is 9.82. The second-order valence-electron chi connectivity index (χ2n) is 15.3. The van der Waals surface area contributed by atoms with Crippen molar-refractivity contribution in [1.29, 1.82) is 0 Å². The third kappa shape index (κ3) is 4.37. The van der Waals surface area contributed by atoms with Crippen molar-refractivity contribution < 1.29 is 8.83 Å². The summed E-state index contributed by atoms with van der Waals surface area (Å²) in [5.74, 6) is 0. The number of anilines is 3. The van der Waals surface area contributed by atoms with Crippen LogP contribution in [0.3, 0.4) is 0 Å². The van der Waals surface area contributed by atoms with Crippen molar-refractivity contribution in [2.24, 2.45) is 0 Å². The number of hydrogen-bond donors (Lipinski definition) is 0. The molecule has 3 heterocycles. The van der Waals surface area contributed by atoms with E-state index in [0.717, 1.165) is 66.5 Å². The molecule has 0 saturated carbocycles. The van der Waals surface area contributed by atoms with Crippen molar-refractivity contribution in [2.75, 3.05) is 4.90 Å². The summed E-state index contributed by atoms with van der Waals surface area (Å²) in [6.07, 6.45) is 0. The molecule has 0 atom stereocenters. The van der Waals surface area contributed by atoms with Crippen LogP contribution in [0.2, 0.25) is 0 Å². The van der Waals surface area contributed by atoms with E-state index in [4.69, 9.17) is 8.83 Å². The molecule has 3 aromatic heterocycles. The van der Waals surface area contributed by atoms with Gasteiger partial charge in [-0.3, -0.25) is 0 Å². The molecule has 0 saturated heterocycles. The molecule has 8 aromatic carbocycles. The van der Waals surface area contributed by atoms with Crippen LogP contribution in [0, 0.1) is 0 Å². The van der Waals surface area contributed by atoms with E-state index in [1.165, 1.54) is 48.0 Å². The Kier molecular flexibility index (Phi) is 6.27. The summed E-state index contributed by atoms with van der Waals surface area (Å²) in [6.45, 7) is 4.70. The molecule has 260 valence electrons. The average Bonchev–Trinajstić information content (AvgIpc) is 3.95. The minimum Gasteiger partial charge on any atom is -0.456 e. The second-order valence-corrected chi connectivity index (χ2v) is 16.3. The highest BCUT2D eigenvalue weighted by atomic mass is 32.1. The molecule has 1 aliphatic carbocycles. The molecular formula is C51H33NO2S. The lowest BCUT2D eigenvalue weighted by molar-refractivity contribution is 0.660. The normalized spacial score (nSPS) is 13.4. The first-order valence-corrected chi connectivity index (χ1v) is 19.6. The molecule has 0 radical (unpaired) electrons. The number of thiophene rings is 1. The van der Waals surface area contributed by atoms with Gasteiger partial charge < -0.3 is 13.7 Å². The standard InChI is InChI=1S/C51H33NO2S/c1-51(2)39-16-8-6-14-33(39)34-24-23-32(27-40(34)51)52(42-18-11-21-48-50(42)35-15-7-9-20-47(35)55-48)41-17-10-19-44-49(41)38-29-45-37(28-46(38)54-44)36-26-31(22-25-43(36)53-45)30-12-4-3-5-13-30/h3-29H,1-2H3. The van der Waals surface area contributed by atoms with Crippen LogP contribution in [0.5, 0.6) is 0 Å². The van der Waals surface area contributed by atoms with E-state index < -0.39 is 0 Å². The Bertz CT molecular complexity index is 3360. The van der Waals surface area contributed by atoms with Gasteiger partial charge in [0.15, 0.2) is 0 Å². The zero-order chi connectivity index (χ0) is 36.4. The molecule has 0 bridgehead atoms. The van der Waals surface area contributed by atoms with Crippen LogP contribution in [0.4, 0.5) is 17.1 Å². The first-order chi connectivity index (χ1) is 27.0. The Morgan fingerprint density at radius 1 is 0.436 bits per heavy atom. The van der Waals surface area contributed by atoms with Crippen LogP contribution in [0.25, 0.3) is 86.3 Å². The van der Waals surface area contributed by atoms with Crippen molar-refractivity contribution >= 4 is 92.4 Å². The Morgan fingerprint density at radius 3 is 2.04 bits per heavy atom. The maximum absolute atomic E-state index is 6.78. The van der Waals surface area contributed by atoms with E-state index in [2.05, 4.69) is 183 Å². The molecule has 0 unspecified atom stereocenters. The van der Waals surface area contributed by atoms with E-state index in [-0.39, 0.29) is 5.41 Å². The summed E-state index contributed by atoms with van der Waals surface area (Å²) in [7, 11) is 0. The van der Waals surface area contributed by atoms with Crippen LogP contribution in [0.15, 0.2) is 173 Å². The van der Waals surface area contributed by atoms with Gasteiger partial charge in [0, 0.05) is 47.4 Å². The molecule has 0 amide bonds. The first-order valence-electron chi connectivity index (χ1n) is 18.8. The molecule has 4 heteroatoms. The van der Waals surface area contributed by atoms with Gasteiger partial charge in [-0.05, 0) is 100 Å². The Balaban J connectivity index is 1.13. The highest BCUT2D eigenvalue weighted by Crippen LogP contribution is 2.53. The first kappa shape index (κ1) is 30.8. The summed E-state index contributed by atoms with van der Waals surface area (Å²) >= 11 is 1.85. The lowest BCUT2D eigenvalue weighted by Gasteiger charge is -2.29. The van der Waals surface area contributed by atoms with Gasteiger partial charge in [0.2, 0.25) is 0 Å². The van der Waals surface area contributed by atoms with Gasteiger partial charge in [0.05, 0.1) is 16.8 Å². The maximum atomic E-state index is 6.78. The molecule has 0 fully saturated rings. The molecule has 1 aliphatic rings. The largest absolute Gasteiger partial charge is 0.456 e. The highest BCUT2D eigenvalue weighted by molar-refractivity contribution is 7.26. The average molecular weight is 724 g/mol. The van der Waals surface area contributed by atoms with Gasteiger partial charge in [0.25, 0.3) is 0 Å². The zero-order valence-electron chi connectivity index (χ0n) is 30.3. The maximum Gasteiger partial charge on any atom is 0.137 e. The summed E-state index contributed by atoms with van der Waals surface area (Å²) < 4.78 is 15.9. The summed E-state index contributed by atoms with van der Waals surface area (Å²) in [5, 5.41) is 6.74. The summed E-state index contributed by atoms with van der Waals surface area (Å²) in [6, 6.07) is 59.2. The SMILES string of the molecule is CC1(C)c2ccccc2-c2ccc(N(c3cccc4oc5cc6c(cc5c34)oc3ccc(-c4ccccc4)cc36)c3cccc4sc5ccccc5c34)cc21. The molecular weight excluding hydrogens is 691 g/mol. The number of nitrogens with zero attached hydrogens (tertiary/aromatic N) is 1. The van der Waals surface area contributed by atoms with E-state index >= 15 is 0 Å². The molecule has 0 spiro atoms. The van der Waals surface area contributed by atoms with Crippen LogP contribution >= 0.6 is 11.3 Å². The Morgan fingerprint density at radius 2 is 1.13 bits per heavy atom. The molecule has 0 aliphatic heterocycles. The number of rotatable bonds is 4. The smallest absolute Gasteiger partial charge is 0.137 e. The molecule has 3 nitrogen and oxygen atoms in total. The highest BCUT2D eigenvalue weighted by Gasteiger charge is 2.36. The van der Waals surface area contributed by atoms with E-state index in [1.54, 1.807) is 0 Å². The third-order valence-corrected chi connectivity index (χ3v) is 13.0. The van der Waals surface area contributed by atoms with Crippen LogP contribution in [-0.2, 0) is 5.41 Å². The van der Waals surface area contributed by atoms with Gasteiger partial charge in [-0.25, -0.2) is 0 Å². The predicted octanol–water partition coefficient (Wildman–Crippen LogP) is 15.3. The number of hydrogen-bond acceptors (Lipinski definition) is 4.